The number of hydrogen-bond donors (Lipinski definition) is 31. The van der Waals surface area contributed by atoms with Crippen molar-refractivity contribution >= 4 is 0 Å². The van der Waals surface area contributed by atoms with Gasteiger partial charge in [0.2, 0.25) is 126 Å². The molecule has 0 amide bonds. The molecule has 0 radical (unpaired) electrons. The zero-order chi connectivity index (χ0) is 82.8. The molecule has 590 valence electrons. The van der Waals surface area contributed by atoms with Crippen LogP contribution in [0.4, 0.5) is 0 Å². The normalized spacial score (nSPS) is 11.0. The van der Waals surface area contributed by atoms with Crippen LogP contribution >= 0.6 is 0 Å². The lowest BCUT2D eigenvalue weighted by atomic mass is 10.2. The van der Waals surface area contributed by atoms with Crippen LogP contribution in [-0.4, -0.2) is 158 Å². The van der Waals surface area contributed by atoms with Gasteiger partial charge in [-0.15, -0.1) is 0 Å². The lowest BCUT2D eigenvalue weighted by Gasteiger charge is -2.19. The second-order valence-corrected chi connectivity index (χ2v) is 23.3. The first-order chi connectivity index (χ1) is 53.7. The molecule has 0 heterocycles. The molecule has 0 bridgehead atoms. The first-order valence-corrected chi connectivity index (χ1v) is 30.9. The van der Waals surface area contributed by atoms with Gasteiger partial charge in [0.05, 0.1) is 0 Å². The quantitative estimate of drug-likeness (QED) is 0.0280. The van der Waals surface area contributed by atoms with E-state index >= 15 is 0 Å². The van der Waals surface area contributed by atoms with Gasteiger partial charge in [-0.1, -0.05) is 0 Å². The fourth-order valence-electron chi connectivity index (χ4n) is 10.2. The SMILES string of the molecule is Oc1cc(O)c(Oc2cc(O)c(Oc3cc(O)c(O)c(O)c3Oc3cc(O)c(Oc4cc(O)c(O)c(O)c4Oc4cc(O)c(Oc5cc(O)c(O)c(O)c5Oc5cc(O)c(Oc6cc(O)c(O)c(O)c6Oc6cc(O)c(Oc7cc(O)c(O)c(O)c7Oc7cc(O)c(O)c(O)c7)c(O)c6)c(O)c5)c(O)c4)c(O)c3)c(O)c2)c(O)c1. The fraction of sp³-hybridized carbons (Fsp3) is 0. The summed E-state index contributed by atoms with van der Waals surface area (Å²) in [4.78, 5) is 0. The van der Waals surface area contributed by atoms with Crippen molar-refractivity contribution in [3.05, 3.63) is 115 Å². The van der Waals surface area contributed by atoms with Crippen LogP contribution in [0.15, 0.2) is 115 Å². The summed E-state index contributed by atoms with van der Waals surface area (Å²) in [6.07, 6.45) is 0. The van der Waals surface area contributed by atoms with E-state index in [-0.39, 0.29) is 0 Å². The number of hydrogen-bond acceptors (Lipinski definition) is 42. The van der Waals surface area contributed by atoms with Crippen LogP contribution in [-0.2, 0) is 0 Å². The van der Waals surface area contributed by atoms with Gasteiger partial charge < -0.3 is 210 Å². The average Bonchev–Trinajstić information content (AvgIpc) is 0.730. The molecule has 0 atom stereocenters. The van der Waals surface area contributed by atoms with Crippen molar-refractivity contribution in [1.82, 2.24) is 0 Å². The Balaban J connectivity index is 0.765. The van der Waals surface area contributed by atoms with Crippen molar-refractivity contribution in [2.75, 3.05) is 0 Å². The van der Waals surface area contributed by atoms with Crippen molar-refractivity contribution < 1.29 is 210 Å². The summed E-state index contributed by atoms with van der Waals surface area (Å²) in [5.41, 5.74) is 0. The average molecular weight is 1590 g/mol. The van der Waals surface area contributed by atoms with E-state index in [0.717, 1.165) is 36.4 Å². The van der Waals surface area contributed by atoms with Crippen LogP contribution in [0.3, 0.4) is 0 Å². The lowest BCUT2D eigenvalue weighted by Crippen LogP contribution is -1.96. The second-order valence-electron chi connectivity index (χ2n) is 23.3. The highest BCUT2D eigenvalue weighted by molar-refractivity contribution is 5.74. The van der Waals surface area contributed by atoms with Crippen LogP contribution < -0.4 is 52.1 Å². The number of benzene rings is 12. The minimum atomic E-state index is -1.38. The minimum absolute atomic E-state index is 0.455. The molecule has 12 rings (SSSR count). The standard InChI is InChI=1S/C72H50O42/c73-20-1-34(81)62(35(82)2-20)104-22-5-36(83)63(37(84)6-22)111-47-16-30(77)53(95)58(100)69(47)106-24-9-40(87)65(41(88)10-24)113-49-18-32(79)55(97)60(102)71(49)108-26-13-44(91)67(45(92)14-26)114-50-19-33(80)56(98)61(103)72(50)109-25-11-42(89)66(43(90)12-25)112-48-17-31(78)54(96)59(101)70(48)107-23-7-38(85)64(39(86)8-23)110-46-15-29(76)52(94)57(99)68(46)105-21-3-27(74)51(93)28(75)4-21/h1-19,73-103H. The van der Waals surface area contributed by atoms with E-state index in [2.05, 4.69) is 0 Å². The van der Waals surface area contributed by atoms with Gasteiger partial charge >= 0.3 is 0 Å². The van der Waals surface area contributed by atoms with Gasteiger partial charge in [0.15, 0.2) is 138 Å². The third-order valence-electron chi connectivity index (χ3n) is 15.4. The third kappa shape index (κ3) is 14.4. The molecule has 0 aliphatic heterocycles. The summed E-state index contributed by atoms with van der Waals surface area (Å²) in [6, 6.07) is 12.4. The van der Waals surface area contributed by atoms with Gasteiger partial charge in [-0.3, -0.25) is 0 Å². The predicted molar refractivity (Wildman–Crippen MR) is 370 cm³/mol. The van der Waals surface area contributed by atoms with Crippen molar-refractivity contribution in [1.29, 1.82) is 0 Å². The van der Waals surface area contributed by atoms with E-state index in [0.29, 0.717) is 78.9 Å². The number of rotatable bonds is 22. The third-order valence-corrected chi connectivity index (χ3v) is 15.4. The van der Waals surface area contributed by atoms with E-state index in [1.165, 1.54) is 0 Å². The molecule has 114 heavy (non-hydrogen) atoms. The summed E-state index contributed by atoms with van der Waals surface area (Å²) in [6.45, 7) is 0. The second kappa shape index (κ2) is 28.8. The number of phenolic OH excluding ortho intramolecular Hbond substituents is 31. The molecule has 12 aromatic carbocycles. The number of aromatic hydroxyl groups is 31. The number of ether oxygens (including phenoxy) is 11. The van der Waals surface area contributed by atoms with Crippen LogP contribution in [0, 0.1) is 0 Å². The molecule has 0 aromatic heterocycles. The number of phenols is 31. The zero-order valence-corrected chi connectivity index (χ0v) is 55.8. The summed E-state index contributed by atoms with van der Waals surface area (Å²) >= 11 is 0. The smallest absolute Gasteiger partial charge is 0.215 e. The Morgan fingerprint density at radius 3 is 0.421 bits per heavy atom. The van der Waals surface area contributed by atoms with E-state index in [9.17, 15) is 158 Å². The molecule has 42 nitrogen and oxygen atoms in total. The molecule has 0 unspecified atom stereocenters. The van der Waals surface area contributed by atoms with Gasteiger partial charge in [-0.2, -0.15) is 0 Å². The molecule has 0 saturated heterocycles. The minimum Gasteiger partial charge on any atom is -0.508 e. The van der Waals surface area contributed by atoms with E-state index in [1.54, 1.807) is 0 Å². The summed E-state index contributed by atoms with van der Waals surface area (Å²) < 4.78 is 61.0. The molecule has 0 saturated carbocycles. The highest BCUT2D eigenvalue weighted by Gasteiger charge is 2.33. The van der Waals surface area contributed by atoms with Crippen LogP contribution in [0.5, 0.6) is 305 Å². The highest BCUT2D eigenvalue weighted by Crippen LogP contribution is 2.62. The van der Waals surface area contributed by atoms with E-state index in [4.69, 9.17) is 52.1 Å². The van der Waals surface area contributed by atoms with Gasteiger partial charge in [-0.05, 0) is 0 Å². The van der Waals surface area contributed by atoms with Crippen molar-refractivity contribution in [3.63, 3.8) is 0 Å². The molecule has 0 spiro atoms. The van der Waals surface area contributed by atoms with Crippen LogP contribution in [0.2, 0.25) is 0 Å². The zero-order valence-electron chi connectivity index (χ0n) is 55.8. The molecule has 42 heteroatoms. The maximum Gasteiger partial charge on any atom is 0.215 e. The lowest BCUT2D eigenvalue weighted by molar-refractivity contribution is 0.316. The largest absolute Gasteiger partial charge is 0.508 e. The van der Waals surface area contributed by atoms with E-state index < -0.39 is 305 Å². The summed E-state index contributed by atoms with van der Waals surface area (Å²) in [5.74, 6) is -53.3. The Bertz CT molecular complexity index is 5800. The van der Waals surface area contributed by atoms with Gasteiger partial charge in [0, 0.05) is 115 Å². The Morgan fingerprint density at radius 1 is 0.114 bits per heavy atom. The molecule has 31 N–H and O–H groups in total. The Labute approximate surface area is 628 Å². The van der Waals surface area contributed by atoms with E-state index in [1.807, 2.05) is 0 Å². The first-order valence-electron chi connectivity index (χ1n) is 30.9. The van der Waals surface area contributed by atoms with Crippen molar-refractivity contribution in [2.45, 2.75) is 0 Å². The summed E-state index contributed by atoms with van der Waals surface area (Å²) in [5, 5.41) is 331. The topological polar surface area (TPSA) is 729 Å². The highest BCUT2D eigenvalue weighted by atomic mass is 16.6. The fourth-order valence-corrected chi connectivity index (χ4v) is 10.2. The Morgan fingerprint density at radius 2 is 0.246 bits per heavy atom. The predicted octanol–water partition coefficient (Wildman–Crippen LogP) is 12.3. The maximum absolute atomic E-state index is 11.3. The summed E-state index contributed by atoms with van der Waals surface area (Å²) in [7, 11) is 0. The maximum atomic E-state index is 11.3. The molecule has 0 aliphatic carbocycles. The van der Waals surface area contributed by atoms with Gasteiger partial charge in [0.25, 0.3) is 0 Å². The van der Waals surface area contributed by atoms with Gasteiger partial charge in [-0.25, -0.2) is 0 Å². The Hall–Kier alpha value is -17.8. The molecule has 12 aromatic rings. The monoisotopic (exact) mass is 1590 g/mol. The van der Waals surface area contributed by atoms with Gasteiger partial charge in [0.1, 0.15) is 40.2 Å². The van der Waals surface area contributed by atoms with Crippen LogP contribution in [0.25, 0.3) is 0 Å². The molecular weight excluding hydrogens is 1540 g/mol. The van der Waals surface area contributed by atoms with Crippen molar-refractivity contribution in [3.8, 4) is 305 Å². The first kappa shape index (κ1) is 75.9. The molecule has 0 fully saturated rings. The van der Waals surface area contributed by atoms with Crippen molar-refractivity contribution in [2.24, 2.45) is 0 Å². The molecule has 0 aliphatic rings. The molecular formula is C72H50O42. The van der Waals surface area contributed by atoms with Crippen LogP contribution in [0.1, 0.15) is 0 Å². The Kier molecular flexibility index (Phi) is 19.2.